The highest BCUT2D eigenvalue weighted by Crippen LogP contribution is 2.38. The third-order valence-corrected chi connectivity index (χ3v) is 6.35. The molecule has 0 spiro atoms. The first-order valence-electron chi connectivity index (χ1n) is 10.4. The number of nitrogens with zero attached hydrogens (tertiary/aromatic N) is 1. The minimum Gasteiger partial charge on any atom is -0.488 e. The molecule has 160 valence electrons. The lowest BCUT2D eigenvalue weighted by Gasteiger charge is -2.35. The fraction of sp³-hybridized carbons (Fsp3) is 0.458. The monoisotopic (exact) mass is 413 g/mol. The predicted octanol–water partition coefficient (Wildman–Crippen LogP) is 3.57. The summed E-state index contributed by atoms with van der Waals surface area (Å²) in [4.78, 5) is 14.1. The van der Waals surface area contributed by atoms with Crippen LogP contribution in [0.3, 0.4) is 0 Å². The van der Waals surface area contributed by atoms with E-state index in [1.165, 1.54) is 7.11 Å². The van der Waals surface area contributed by atoms with Gasteiger partial charge in [0.25, 0.3) is 0 Å². The van der Waals surface area contributed by atoms with Gasteiger partial charge in [-0.15, -0.1) is 0 Å². The zero-order valence-electron chi connectivity index (χ0n) is 17.4. The summed E-state index contributed by atoms with van der Waals surface area (Å²) >= 11 is 0. The Morgan fingerprint density at radius 1 is 1.17 bits per heavy atom. The number of aliphatic hydroxyl groups excluding tert-OH is 1. The number of benzene rings is 2. The Hall–Kier alpha value is -2.44. The van der Waals surface area contributed by atoms with Crippen molar-refractivity contribution in [2.24, 2.45) is 11.8 Å². The second-order valence-electron chi connectivity index (χ2n) is 8.51. The van der Waals surface area contributed by atoms with Gasteiger partial charge in [-0.05, 0) is 67.0 Å². The summed E-state index contributed by atoms with van der Waals surface area (Å²) in [6.45, 7) is 4.30. The third kappa shape index (κ3) is 4.50. The Morgan fingerprint density at radius 2 is 1.93 bits per heavy atom. The molecule has 0 amide bonds. The van der Waals surface area contributed by atoms with Crippen LogP contribution >= 0.6 is 0 Å². The van der Waals surface area contributed by atoms with Gasteiger partial charge in [0.15, 0.2) is 0 Å². The molecule has 6 heteroatoms. The number of carbonyl (C=O) groups is 1. The molecule has 5 nitrogen and oxygen atoms in total. The number of esters is 1. The molecule has 1 saturated heterocycles. The summed E-state index contributed by atoms with van der Waals surface area (Å²) < 4.78 is 24.7. The van der Waals surface area contributed by atoms with Crippen molar-refractivity contribution in [3.63, 3.8) is 0 Å². The Kier molecular flexibility index (Phi) is 6.06. The second-order valence-corrected chi connectivity index (χ2v) is 8.51. The quantitative estimate of drug-likeness (QED) is 0.760. The summed E-state index contributed by atoms with van der Waals surface area (Å²) in [5, 5.41) is 10.7. The molecular formula is C24H28FNO4. The van der Waals surface area contributed by atoms with Crippen molar-refractivity contribution in [3.8, 4) is 5.75 Å². The molecule has 30 heavy (non-hydrogen) atoms. The predicted molar refractivity (Wildman–Crippen MR) is 111 cm³/mol. The number of aryl methyl sites for hydroxylation is 1. The van der Waals surface area contributed by atoms with Crippen molar-refractivity contribution in [3.05, 3.63) is 65.0 Å². The molecule has 1 N–H and O–H groups in total. The maximum atomic E-state index is 13.9. The Labute approximate surface area is 176 Å². The van der Waals surface area contributed by atoms with Gasteiger partial charge >= 0.3 is 5.97 Å². The van der Waals surface area contributed by atoms with Gasteiger partial charge < -0.3 is 14.6 Å². The van der Waals surface area contributed by atoms with Crippen molar-refractivity contribution in [2.45, 2.75) is 38.5 Å². The van der Waals surface area contributed by atoms with Crippen LogP contribution in [0.5, 0.6) is 5.75 Å². The number of methoxy groups -OCH3 is 1. The van der Waals surface area contributed by atoms with E-state index in [9.17, 15) is 14.3 Å². The van der Waals surface area contributed by atoms with Crippen molar-refractivity contribution >= 4 is 5.97 Å². The fourth-order valence-corrected chi connectivity index (χ4v) is 4.73. The summed E-state index contributed by atoms with van der Waals surface area (Å²) in [6.07, 6.45) is 0.582. The van der Waals surface area contributed by atoms with Gasteiger partial charge in [0.2, 0.25) is 0 Å². The highest BCUT2D eigenvalue weighted by Gasteiger charge is 2.42. The van der Waals surface area contributed by atoms with Crippen molar-refractivity contribution in [2.75, 3.05) is 20.2 Å². The van der Waals surface area contributed by atoms with Crippen LogP contribution in [0, 0.1) is 24.6 Å². The summed E-state index contributed by atoms with van der Waals surface area (Å²) in [6, 6.07) is 12.3. The number of fused-ring (bicyclic) bond motifs is 1. The van der Waals surface area contributed by atoms with E-state index in [2.05, 4.69) is 4.90 Å². The molecule has 1 aliphatic heterocycles. The van der Waals surface area contributed by atoms with E-state index in [1.54, 1.807) is 37.3 Å². The van der Waals surface area contributed by atoms with Crippen LogP contribution in [-0.4, -0.2) is 48.4 Å². The minimum atomic E-state index is -0.551. The topological polar surface area (TPSA) is 59.0 Å². The molecule has 1 saturated carbocycles. The second kappa shape index (κ2) is 8.74. The standard InChI is InChI=1S/C24H28FNO4/c1-15-6-7-16(8-21(15)25)12-26-13-18-10-22(27)23(11-19(18)14-26)30-20-5-3-4-17(9-20)24(28)29-2/h3-9,18-19,22-23,27H,10-14H2,1-2H3/t18-,19+,22+,23+/m0/s1. The first-order chi connectivity index (χ1) is 14.4. The van der Waals surface area contributed by atoms with Crippen LogP contribution in [-0.2, 0) is 11.3 Å². The Bertz CT molecular complexity index is 918. The van der Waals surface area contributed by atoms with Crippen LogP contribution in [0.2, 0.25) is 0 Å². The maximum absolute atomic E-state index is 13.9. The number of carbonyl (C=O) groups excluding carboxylic acids is 1. The van der Waals surface area contributed by atoms with Gasteiger partial charge in [-0.3, -0.25) is 4.90 Å². The minimum absolute atomic E-state index is 0.165. The van der Waals surface area contributed by atoms with E-state index in [1.807, 2.05) is 12.1 Å². The molecule has 0 aromatic heterocycles. The first kappa shape index (κ1) is 20.8. The maximum Gasteiger partial charge on any atom is 0.337 e. The van der Waals surface area contributed by atoms with Crippen LogP contribution in [0.15, 0.2) is 42.5 Å². The lowest BCUT2D eigenvalue weighted by molar-refractivity contribution is -0.0231. The molecule has 1 aliphatic carbocycles. The number of hydrogen-bond donors (Lipinski definition) is 1. The van der Waals surface area contributed by atoms with Gasteiger partial charge in [-0.25, -0.2) is 9.18 Å². The Balaban J connectivity index is 1.38. The molecule has 2 aromatic carbocycles. The highest BCUT2D eigenvalue weighted by atomic mass is 19.1. The number of ether oxygens (including phenoxy) is 2. The summed E-state index contributed by atoms with van der Waals surface area (Å²) in [5.41, 5.74) is 2.06. The SMILES string of the molecule is COC(=O)c1cccc(O[C@@H]2C[C@@H]3CN(Cc4ccc(C)c(F)c4)C[C@@H]3C[C@H]2O)c1. The number of aliphatic hydroxyl groups is 1. The van der Waals surface area contributed by atoms with Crippen molar-refractivity contribution in [1.82, 2.24) is 4.90 Å². The number of halogens is 1. The molecule has 2 fully saturated rings. The largest absolute Gasteiger partial charge is 0.488 e. The smallest absolute Gasteiger partial charge is 0.337 e. The Morgan fingerprint density at radius 3 is 2.67 bits per heavy atom. The molecule has 0 bridgehead atoms. The van der Waals surface area contributed by atoms with E-state index in [0.717, 1.165) is 25.1 Å². The molecule has 1 heterocycles. The average Bonchev–Trinajstić information content (AvgIpc) is 3.11. The van der Waals surface area contributed by atoms with Crippen LogP contribution in [0.4, 0.5) is 4.39 Å². The molecule has 2 aliphatic rings. The summed E-state index contributed by atoms with van der Waals surface area (Å²) in [7, 11) is 1.34. The number of hydrogen-bond acceptors (Lipinski definition) is 5. The highest BCUT2D eigenvalue weighted by molar-refractivity contribution is 5.89. The van der Waals surface area contributed by atoms with Crippen LogP contribution < -0.4 is 4.74 Å². The van der Waals surface area contributed by atoms with E-state index in [4.69, 9.17) is 9.47 Å². The molecule has 4 rings (SSSR count). The van der Waals surface area contributed by atoms with Gasteiger partial charge in [0.1, 0.15) is 17.7 Å². The third-order valence-electron chi connectivity index (χ3n) is 6.35. The van der Waals surface area contributed by atoms with Gasteiger partial charge in [0.05, 0.1) is 18.8 Å². The van der Waals surface area contributed by atoms with E-state index >= 15 is 0 Å². The average molecular weight is 413 g/mol. The van der Waals surface area contributed by atoms with E-state index in [-0.39, 0.29) is 11.9 Å². The lowest BCUT2D eigenvalue weighted by atomic mass is 9.78. The van der Waals surface area contributed by atoms with E-state index in [0.29, 0.717) is 41.7 Å². The van der Waals surface area contributed by atoms with Crippen LogP contribution in [0.25, 0.3) is 0 Å². The van der Waals surface area contributed by atoms with Gasteiger partial charge in [-0.2, -0.15) is 0 Å². The fourth-order valence-electron chi connectivity index (χ4n) is 4.73. The molecule has 4 atom stereocenters. The molecule has 0 unspecified atom stereocenters. The molecular weight excluding hydrogens is 385 g/mol. The normalized spacial score (nSPS) is 26.3. The van der Waals surface area contributed by atoms with Crippen LogP contribution in [0.1, 0.15) is 34.3 Å². The number of likely N-dealkylation sites (tertiary alicyclic amines) is 1. The lowest BCUT2D eigenvalue weighted by Crippen LogP contribution is -2.42. The van der Waals surface area contributed by atoms with Crippen molar-refractivity contribution in [1.29, 1.82) is 0 Å². The van der Waals surface area contributed by atoms with Gasteiger partial charge in [-0.1, -0.05) is 18.2 Å². The van der Waals surface area contributed by atoms with E-state index < -0.39 is 12.1 Å². The first-order valence-corrected chi connectivity index (χ1v) is 10.4. The zero-order chi connectivity index (χ0) is 21.3. The zero-order valence-corrected chi connectivity index (χ0v) is 17.4. The molecule has 0 radical (unpaired) electrons. The molecule has 2 aromatic rings. The summed E-state index contributed by atoms with van der Waals surface area (Å²) in [5.74, 6) is 0.824. The van der Waals surface area contributed by atoms with Gasteiger partial charge in [0, 0.05) is 19.6 Å². The number of rotatable bonds is 5. The van der Waals surface area contributed by atoms with Crippen molar-refractivity contribution < 1.29 is 23.8 Å².